The quantitative estimate of drug-likeness (QED) is 0.797. The fourth-order valence-electron chi connectivity index (χ4n) is 2.32. The number of likely N-dealkylation sites (tertiary alicyclic amines) is 1. The molecule has 1 saturated heterocycles. The molecular formula is C11H18N4O2. The molecule has 1 atom stereocenters. The number of carbonyl (C=O) groups is 1. The van der Waals surface area contributed by atoms with E-state index in [4.69, 9.17) is 5.11 Å². The molecule has 6 heteroatoms. The lowest BCUT2D eigenvalue weighted by atomic mass is 9.93. The zero-order valence-electron chi connectivity index (χ0n) is 9.80. The molecule has 0 aliphatic carbocycles. The minimum atomic E-state index is -0.0730. The van der Waals surface area contributed by atoms with Crippen LogP contribution in [0.4, 0.5) is 0 Å². The van der Waals surface area contributed by atoms with Crippen molar-refractivity contribution in [1.29, 1.82) is 0 Å². The first-order valence-corrected chi connectivity index (χ1v) is 6.06. The lowest BCUT2D eigenvalue weighted by Crippen LogP contribution is -2.40. The normalized spacial score (nSPS) is 20.5. The smallest absolute Gasteiger partial charge is 0.291 e. The molecule has 2 rings (SSSR count). The van der Waals surface area contributed by atoms with Crippen LogP contribution in [0.5, 0.6) is 0 Å². The number of hydrogen-bond acceptors (Lipinski definition) is 4. The van der Waals surface area contributed by atoms with Gasteiger partial charge in [0.25, 0.3) is 5.91 Å². The number of hydrogen-bond donors (Lipinski definition) is 2. The number of carbonyl (C=O) groups excluding carboxylic acids is 1. The van der Waals surface area contributed by atoms with Crippen LogP contribution in [0.2, 0.25) is 0 Å². The van der Waals surface area contributed by atoms with Gasteiger partial charge in [-0.2, -0.15) is 5.10 Å². The Balaban J connectivity index is 1.90. The zero-order chi connectivity index (χ0) is 12.1. The summed E-state index contributed by atoms with van der Waals surface area (Å²) in [6.07, 6.45) is 5.31. The van der Waals surface area contributed by atoms with E-state index in [0.717, 1.165) is 38.8 Å². The van der Waals surface area contributed by atoms with Crippen LogP contribution in [0.15, 0.2) is 6.33 Å². The third-order valence-electron chi connectivity index (χ3n) is 3.19. The zero-order valence-corrected chi connectivity index (χ0v) is 9.80. The highest BCUT2D eigenvalue weighted by Gasteiger charge is 2.25. The second kappa shape index (κ2) is 5.77. The van der Waals surface area contributed by atoms with E-state index in [1.54, 1.807) is 0 Å². The molecule has 0 unspecified atom stereocenters. The van der Waals surface area contributed by atoms with Gasteiger partial charge >= 0.3 is 0 Å². The molecule has 1 aromatic rings. The van der Waals surface area contributed by atoms with Gasteiger partial charge < -0.3 is 10.0 Å². The molecule has 0 spiro atoms. The summed E-state index contributed by atoms with van der Waals surface area (Å²) in [4.78, 5) is 17.7. The minimum absolute atomic E-state index is 0.0730. The standard InChI is InChI=1S/C11H18N4O2/c16-6-2-4-9-3-1-5-15(7-9)11(17)10-12-8-13-14-10/h8-9,16H,1-7H2,(H,12,13,14)/t9-/m1/s1. The van der Waals surface area contributed by atoms with E-state index in [9.17, 15) is 4.79 Å². The maximum absolute atomic E-state index is 12.0. The SMILES string of the molecule is O=C(c1ncn[nH]1)N1CCC[C@H](CCCO)C1. The Kier molecular flexibility index (Phi) is 4.08. The van der Waals surface area contributed by atoms with Crippen molar-refractivity contribution in [2.45, 2.75) is 25.7 Å². The summed E-state index contributed by atoms with van der Waals surface area (Å²) in [5.74, 6) is 0.742. The Morgan fingerprint density at radius 1 is 1.65 bits per heavy atom. The van der Waals surface area contributed by atoms with Gasteiger partial charge in [0.15, 0.2) is 0 Å². The second-order valence-corrected chi connectivity index (χ2v) is 4.46. The molecule has 0 radical (unpaired) electrons. The largest absolute Gasteiger partial charge is 0.396 e. The van der Waals surface area contributed by atoms with Crippen LogP contribution in [0.25, 0.3) is 0 Å². The summed E-state index contributed by atoms with van der Waals surface area (Å²) in [6, 6.07) is 0. The Bertz CT molecular complexity index is 352. The monoisotopic (exact) mass is 238 g/mol. The molecule has 1 aliphatic rings. The van der Waals surface area contributed by atoms with Crippen molar-refractivity contribution in [2.24, 2.45) is 5.92 Å². The molecule has 1 aliphatic heterocycles. The molecule has 0 aromatic carbocycles. The van der Waals surface area contributed by atoms with Gasteiger partial charge in [0.2, 0.25) is 5.82 Å². The van der Waals surface area contributed by atoms with Crippen molar-refractivity contribution in [2.75, 3.05) is 19.7 Å². The maximum Gasteiger partial charge on any atom is 0.291 e. The number of aromatic amines is 1. The van der Waals surface area contributed by atoms with Gasteiger partial charge in [0, 0.05) is 19.7 Å². The summed E-state index contributed by atoms with van der Waals surface area (Å²) >= 11 is 0. The second-order valence-electron chi connectivity index (χ2n) is 4.46. The molecule has 6 nitrogen and oxygen atoms in total. The summed E-state index contributed by atoms with van der Waals surface area (Å²) in [7, 11) is 0. The third-order valence-corrected chi connectivity index (χ3v) is 3.19. The van der Waals surface area contributed by atoms with E-state index >= 15 is 0 Å². The summed E-state index contributed by atoms with van der Waals surface area (Å²) < 4.78 is 0. The number of rotatable bonds is 4. The molecular weight excluding hydrogens is 220 g/mol. The van der Waals surface area contributed by atoms with Crippen LogP contribution in [-0.4, -0.2) is 50.8 Å². The molecule has 1 aromatic heterocycles. The first-order valence-electron chi connectivity index (χ1n) is 6.06. The van der Waals surface area contributed by atoms with Crippen LogP contribution in [0, 0.1) is 5.92 Å². The van der Waals surface area contributed by atoms with Gasteiger partial charge in [0.1, 0.15) is 6.33 Å². The minimum Gasteiger partial charge on any atom is -0.396 e. The molecule has 2 N–H and O–H groups in total. The predicted molar refractivity (Wildman–Crippen MR) is 61.3 cm³/mol. The maximum atomic E-state index is 12.0. The number of aliphatic hydroxyl groups excluding tert-OH is 1. The summed E-state index contributed by atoms with van der Waals surface area (Å²) in [5, 5.41) is 15.1. The molecule has 1 amide bonds. The average molecular weight is 238 g/mol. The van der Waals surface area contributed by atoms with Crippen LogP contribution < -0.4 is 0 Å². The lowest BCUT2D eigenvalue weighted by Gasteiger charge is -2.32. The van der Waals surface area contributed by atoms with Gasteiger partial charge in [-0.1, -0.05) is 0 Å². The number of nitrogens with zero attached hydrogens (tertiary/aromatic N) is 3. The topological polar surface area (TPSA) is 82.1 Å². The molecule has 17 heavy (non-hydrogen) atoms. The van der Waals surface area contributed by atoms with Crippen molar-refractivity contribution < 1.29 is 9.90 Å². The third kappa shape index (κ3) is 3.03. The van der Waals surface area contributed by atoms with Gasteiger partial charge in [-0.05, 0) is 31.6 Å². The molecule has 0 saturated carbocycles. The van der Waals surface area contributed by atoms with Crippen LogP contribution in [0.3, 0.4) is 0 Å². The Morgan fingerprint density at radius 2 is 2.53 bits per heavy atom. The van der Waals surface area contributed by atoms with Crippen LogP contribution in [0.1, 0.15) is 36.3 Å². The summed E-state index contributed by atoms with van der Waals surface area (Å²) in [6.45, 7) is 1.78. The summed E-state index contributed by atoms with van der Waals surface area (Å²) in [5.41, 5.74) is 0. The molecule has 94 valence electrons. The van der Waals surface area contributed by atoms with Gasteiger partial charge in [-0.3, -0.25) is 9.89 Å². The van der Waals surface area contributed by atoms with E-state index < -0.39 is 0 Å². The van der Waals surface area contributed by atoms with Crippen molar-refractivity contribution in [3.8, 4) is 0 Å². The van der Waals surface area contributed by atoms with Crippen molar-refractivity contribution in [3.05, 3.63) is 12.2 Å². The average Bonchev–Trinajstić information content (AvgIpc) is 2.89. The fraction of sp³-hybridized carbons (Fsp3) is 0.727. The number of amides is 1. The first kappa shape index (κ1) is 12.0. The molecule has 2 heterocycles. The van der Waals surface area contributed by atoms with E-state index in [1.165, 1.54) is 6.33 Å². The Morgan fingerprint density at radius 3 is 3.24 bits per heavy atom. The van der Waals surface area contributed by atoms with Gasteiger partial charge in [0.05, 0.1) is 0 Å². The van der Waals surface area contributed by atoms with E-state index in [2.05, 4.69) is 15.2 Å². The van der Waals surface area contributed by atoms with Crippen LogP contribution in [-0.2, 0) is 0 Å². The Hall–Kier alpha value is -1.43. The number of H-pyrrole nitrogens is 1. The van der Waals surface area contributed by atoms with Crippen molar-refractivity contribution >= 4 is 5.91 Å². The number of piperidine rings is 1. The van der Waals surface area contributed by atoms with Crippen molar-refractivity contribution in [3.63, 3.8) is 0 Å². The number of aromatic nitrogens is 3. The highest BCUT2D eigenvalue weighted by atomic mass is 16.2. The number of aliphatic hydroxyl groups is 1. The fourth-order valence-corrected chi connectivity index (χ4v) is 2.32. The van der Waals surface area contributed by atoms with E-state index in [-0.39, 0.29) is 12.5 Å². The molecule has 1 fully saturated rings. The highest BCUT2D eigenvalue weighted by molar-refractivity contribution is 5.90. The van der Waals surface area contributed by atoms with Gasteiger partial charge in [-0.15, -0.1) is 0 Å². The first-order chi connectivity index (χ1) is 8.31. The van der Waals surface area contributed by atoms with Crippen molar-refractivity contribution in [1.82, 2.24) is 20.1 Å². The predicted octanol–water partition coefficient (Wildman–Crippen LogP) is 0.429. The van der Waals surface area contributed by atoms with Gasteiger partial charge in [-0.25, -0.2) is 4.98 Å². The lowest BCUT2D eigenvalue weighted by molar-refractivity contribution is 0.0651. The highest BCUT2D eigenvalue weighted by Crippen LogP contribution is 2.21. The van der Waals surface area contributed by atoms with Crippen LogP contribution >= 0.6 is 0 Å². The van der Waals surface area contributed by atoms with E-state index in [1.807, 2.05) is 4.90 Å². The van der Waals surface area contributed by atoms with E-state index in [0.29, 0.717) is 11.7 Å². The Labute approximate surface area is 100 Å². The number of nitrogens with one attached hydrogen (secondary N) is 1. The molecule has 0 bridgehead atoms.